The molecule has 0 spiro atoms. The molecule has 0 aromatic heterocycles. The maximum atomic E-state index is 15.4. The zero-order chi connectivity index (χ0) is 38.4. The molecular weight excluding hydrogens is 749 g/mol. The zero-order valence-electron chi connectivity index (χ0n) is 30.7. The number of likely N-dealkylation sites (N-methyl/N-ethyl adjacent to an activating group) is 1. The molecule has 5 rings (SSSR count). The fraction of sp³-hybridized carbons (Fsp3) is 0.486. The van der Waals surface area contributed by atoms with Gasteiger partial charge < -0.3 is 14.4 Å². The lowest BCUT2D eigenvalue weighted by Crippen LogP contribution is -2.64. The molecule has 2 aromatic rings. The van der Waals surface area contributed by atoms with E-state index in [1.807, 2.05) is 56.2 Å². The first-order valence-electron chi connectivity index (χ1n) is 17.0. The highest BCUT2D eigenvalue weighted by Gasteiger charge is 2.62. The third-order valence-electron chi connectivity index (χ3n) is 10.1. The minimum Gasteiger partial charge on any atom is -0.493 e. The Bertz CT molecular complexity index is 1930. The molecule has 1 N–H and O–H groups in total. The lowest BCUT2D eigenvalue weighted by molar-refractivity contribution is -0.148. The smallest absolute Gasteiger partial charge is 0.326 e. The van der Waals surface area contributed by atoms with Gasteiger partial charge in [0.25, 0.3) is 0 Å². The Morgan fingerprint density at radius 3 is 2.33 bits per heavy atom. The van der Waals surface area contributed by atoms with Crippen molar-refractivity contribution in [3.8, 4) is 5.75 Å². The Morgan fingerprint density at radius 1 is 1.08 bits per heavy atom. The van der Waals surface area contributed by atoms with Gasteiger partial charge in [-0.1, -0.05) is 59.1 Å². The van der Waals surface area contributed by atoms with E-state index in [2.05, 4.69) is 4.72 Å². The molecule has 0 bridgehead atoms. The second kappa shape index (κ2) is 14.9. The summed E-state index contributed by atoms with van der Waals surface area (Å²) < 4.78 is 41.6. The topological polar surface area (TPSA) is 121 Å². The molecule has 2 heterocycles. The maximum absolute atomic E-state index is 15.4. The van der Waals surface area contributed by atoms with E-state index >= 15 is 4.79 Å². The number of amidine groups is 1. The number of halogens is 3. The lowest BCUT2D eigenvalue weighted by Gasteiger charge is -2.50. The van der Waals surface area contributed by atoms with Gasteiger partial charge in [-0.25, -0.2) is 17.9 Å². The number of nitrogens with one attached hydrogen (secondary N) is 1. The molecule has 1 unspecified atom stereocenters. The number of piperazine rings is 1. The number of allylic oxidation sites excluding steroid dienone is 3. The second-order valence-corrected chi connectivity index (χ2v) is 17.5. The molecule has 11 nitrogen and oxygen atoms in total. The van der Waals surface area contributed by atoms with Crippen molar-refractivity contribution in [2.24, 2.45) is 10.9 Å². The predicted molar refractivity (Wildman–Crippen MR) is 205 cm³/mol. The number of urea groups is 1. The molecule has 2 aliphatic heterocycles. The van der Waals surface area contributed by atoms with Crippen LogP contribution in [0.25, 0.3) is 0 Å². The summed E-state index contributed by atoms with van der Waals surface area (Å²) in [5.74, 6) is -0.309. The van der Waals surface area contributed by atoms with Gasteiger partial charge in [0.1, 0.15) is 22.5 Å². The van der Waals surface area contributed by atoms with Gasteiger partial charge in [0.05, 0.1) is 35.4 Å². The van der Waals surface area contributed by atoms with E-state index in [1.54, 1.807) is 49.6 Å². The Labute approximate surface area is 321 Å². The summed E-state index contributed by atoms with van der Waals surface area (Å²) in [5.41, 5.74) is -2.12. The van der Waals surface area contributed by atoms with Crippen molar-refractivity contribution in [1.82, 2.24) is 19.4 Å². The first kappa shape index (κ1) is 40.1. The average molecular weight is 795 g/mol. The van der Waals surface area contributed by atoms with Gasteiger partial charge in [-0.15, -0.1) is 0 Å². The van der Waals surface area contributed by atoms with E-state index in [4.69, 9.17) is 49.3 Å². The van der Waals surface area contributed by atoms with Gasteiger partial charge >= 0.3 is 12.0 Å². The number of nitrogens with zero attached hydrogens (tertiary/aromatic N) is 4. The Morgan fingerprint density at radius 2 is 1.75 bits per heavy atom. The van der Waals surface area contributed by atoms with Crippen LogP contribution < -0.4 is 9.46 Å². The summed E-state index contributed by atoms with van der Waals surface area (Å²) in [7, 11) is -1.04. The van der Waals surface area contributed by atoms with E-state index in [1.165, 1.54) is 19.2 Å². The van der Waals surface area contributed by atoms with Crippen LogP contribution in [0.15, 0.2) is 69.5 Å². The van der Waals surface area contributed by atoms with Crippen LogP contribution in [0.2, 0.25) is 10.0 Å². The summed E-state index contributed by atoms with van der Waals surface area (Å²) in [4.78, 5) is 38.6. The minimum absolute atomic E-state index is 0.0505. The average Bonchev–Trinajstić information content (AvgIpc) is 3.31. The highest BCUT2D eigenvalue weighted by molar-refractivity contribution is 7.89. The van der Waals surface area contributed by atoms with Gasteiger partial charge in [0.2, 0.25) is 10.0 Å². The summed E-state index contributed by atoms with van der Waals surface area (Å²) in [6, 6.07) is 8.97. The van der Waals surface area contributed by atoms with Gasteiger partial charge in [-0.2, -0.15) is 0 Å². The van der Waals surface area contributed by atoms with Crippen molar-refractivity contribution in [3.05, 3.63) is 80.8 Å². The van der Waals surface area contributed by atoms with E-state index in [0.29, 0.717) is 29.6 Å². The molecule has 2 amide bonds. The van der Waals surface area contributed by atoms with Crippen LogP contribution in [0.1, 0.15) is 59.1 Å². The number of carbonyl (C=O) groups is 2. The van der Waals surface area contributed by atoms with E-state index in [-0.39, 0.29) is 46.1 Å². The van der Waals surface area contributed by atoms with Crippen LogP contribution in [0.5, 0.6) is 5.75 Å². The van der Waals surface area contributed by atoms with Crippen molar-refractivity contribution in [1.29, 1.82) is 0 Å². The minimum atomic E-state index is -4.17. The van der Waals surface area contributed by atoms with Crippen molar-refractivity contribution >= 4 is 62.7 Å². The third kappa shape index (κ3) is 7.47. The van der Waals surface area contributed by atoms with Gasteiger partial charge in [-0.3, -0.25) is 19.6 Å². The number of hydrogen-bond donors (Lipinski definition) is 1. The fourth-order valence-electron chi connectivity index (χ4n) is 7.16. The van der Waals surface area contributed by atoms with Crippen LogP contribution in [-0.4, -0.2) is 98.5 Å². The number of esters is 1. The monoisotopic (exact) mass is 793 g/mol. The molecule has 1 saturated heterocycles. The maximum Gasteiger partial charge on any atom is 0.326 e. The molecule has 0 radical (unpaired) electrons. The lowest BCUT2D eigenvalue weighted by atomic mass is 9.66. The molecule has 1 aliphatic carbocycles. The largest absolute Gasteiger partial charge is 0.493 e. The fourth-order valence-corrected chi connectivity index (χ4v) is 9.41. The highest BCUT2D eigenvalue weighted by Crippen LogP contribution is 2.54. The first-order valence-corrected chi connectivity index (χ1v) is 19.7. The summed E-state index contributed by atoms with van der Waals surface area (Å²) in [6.45, 7) is 11.9. The SMILES string of the molecule is CCOc1cc(Cl)c(S(=O)(=O)NC(C)(C)C)cc1C1=N[C@@](C)(C2C=CC(Cl)=CC2)[C@@](C)(c2ccc(Cl)cc2)N1C(=O)N1CCN(C)[C@H](C(=O)OC)C1. The predicted octanol–water partition coefficient (Wildman–Crippen LogP) is 6.81. The van der Waals surface area contributed by atoms with Crippen molar-refractivity contribution in [3.63, 3.8) is 0 Å². The molecule has 4 atom stereocenters. The van der Waals surface area contributed by atoms with Gasteiger partial charge in [-0.05, 0) is 84.8 Å². The first-order chi connectivity index (χ1) is 24.3. The molecule has 282 valence electrons. The van der Waals surface area contributed by atoms with Gasteiger partial charge in [0.15, 0.2) is 0 Å². The normalized spacial score (nSPS) is 25.5. The summed E-state index contributed by atoms with van der Waals surface area (Å²) in [5, 5.41) is 1.04. The Kier molecular flexibility index (Phi) is 11.5. The quantitative estimate of drug-likeness (QED) is 0.292. The van der Waals surface area contributed by atoms with Crippen molar-refractivity contribution < 1.29 is 27.5 Å². The van der Waals surface area contributed by atoms with E-state index in [9.17, 15) is 13.2 Å². The number of methoxy groups -OCH3 is 1. The summed E-state index contributed by atoms with van der Waals surface area (Å²) in [6.07, 6.45) is 6.24. The number of benzene rings is 2. The molecule has 3 aliphatic rings. The second-order valence-electron chi connectivity index (χ2n) is 14.6. The highest BCUT2D eigenvalue weighted by atomic mass is 35.5. The number of hydrogen-bond acceptors (Lipinski definition) is 8. The van der Waals surface area contributed by atoms with Crippen LogP contribution in [0.3, 0.4) is 0 Å². The molecule has 0 saturated carbocycles. The number of amides is 2. The molecule has 2 aromatic carbocycles. The van der Waals surface area contributed by atoms with E-state index < -0.39 is 44.7 Å². The number of carbonyl (C=O) groups excluding carboxylic acids is 2. The van der Waals surface area contributed by atoms with Gasteiger partial charge in [0, 0.05) is 47.2 Å². The van der Waals surface area contributed by atoms with Crippen LogP contribution in [0, 0.1) is 5.92 Å². The number of aliphatic imine (C=N–C) groups is 1. The zero-order valence-corrected chi connectivity index (χ0v) is 33.8. The van der Waals surface area contributed by atoms with Crippen molar-refractivity contribution in [2.45, 2.75) is 75.5 Å². The van der Waals surface area contributed by atoms with Crippen LogP contribution >= 0.6 is 34.8 Å². The summed E-state index contributed by atoms with van der Waals surface area (Å²) >= 11 is 19.5. The Balaban J connectivity index is 1.82. The number of sulfonamides is 1. The standard InChI is InChI=1S/C37H46Cl3N5O6S/c1-9-51-30-21-28(40)31(52(48,49)42-35(2,3)4)20-27(30)32-41-36(5,23-10-14-25(38)15-11-23)37(6,24-12-16-26(39)17-13-24)45(32)34(47)44-19-18-43(7)29(22-44)33(46)50-8/h10,12-17,20-21,23,29,42H,9,11,18-19,22H2,1-8H3/t23?,29-,36-,37+/m0/s1. The van der Waals surface area contributed by atoms with E-state index in [0.717, 1.165) is 5.56 Å². The molecule has 15 heteroatoms. The number of rotatable bonds is 8. The molecular formula is C37H46Cl3N5O6S. The van der Waals surface area contributed by atoms with Crippen LogP contribution in [0.4, 0.5) is 4.79 Å². The third-order valence-corrected chi connectivity index (χ3v) is 12.8. The number of ether oxygens (including phenoxy) is 2. The Hall–Kier alpha value is -3.13. The van der Waals surface area contributed by atoms with Crippen LogP contribution in [-0.2, 0) is 25.1 Å². The molecule has 1 fully saturated rings. The molecule has 52 heavy (non-hydrogen) atoms. The van der Waals surface area contributed by atoms with Crippen molar-refractivity contribution in [2.75, 3.05) is 40.4 Å².